The van der Waals surface area contributed by atoms with Gasteiger partial charge in [-0.15, -0.1) is 5.10 Å². The maximum Gasteiger partial charge on any atom is 0.200 e. The SMILES string of the molecule is CCC(O)c1cn(Cc2c(F)c(F)c(F)c(F)c2F)nn1. The fourth-order valence-corrected chi connectivity index (χ4v) is 1.70. The predicted molar refractivity (Wildman–Crippen MR) is 60.6 cm³/mol. The van der Waals surface area contributed by atoms with Crippen molar-refractivity contribution in [2.45, 2.75) is 26.0 Å². The summed E-state index contributed by atoms with van der Waals surface area (Å²) in [5.74, 6) is -10.1. The zero-order valence-electron chi connectivity index (χ0n) is 10.7. The predicted octanol–water partition coefficient (Wildman–Crippen LogP) is 2.47. The zero-order valence-corrected chi connectivity index (χ0v) is 10.7. The summed E-state index contributed by atoms with van der Waals surface area (Å²) in [5.41, 5.74) is -0.879. The summed E-state index contributed by atoms with van der Waals surface area (Å²) in [5, 5.41) is 16.5. The van der Waals surface area contributed by atoms with Gasteiger partial charge in [-0.3, -0.25) is 0 Å². The lowest BCUT2D eigenvalue weighted by Crippen LogP contribution is -2.11. The van der Waals surface area contributed by atoms with Crippen LogP contribution < -0.4 is 0 Å². The Morgan fingerprint density at radius 1 is 1.05 bits per heavy atom. The van der Waals surface area contributed by atoms with Crippen LogP contribution in [0.4, 0.5) is 22.0 Å². The second-order valence-electron chi connectivity index (χ2n) is 4.31. The van der Waals surface area contributed by atoms with Gasteiger partial charge in [0, 0.05) is 0 Å². The molecule has 1 N–H and O–H groups in total. The van der Waals surface area contributed by atoms with E-state index in [2.05, 4.69) is 10.3 Å². The molecule has 21 heavy (non-hydrogen) atoms. The molecule has 0 saturated heterocycles. The average Bonchev–Trinajstić information content (AvgIpc) is 2.95. The molecular weight excluding hydrogens is 297 g/mol. The van der Waals surface area contributed by atoms with Crippen LogP contribution in [0.5, 0.6) is 0 Å². The molecule has 0 radical (unpaired) electrons. The largest absolute Gasteiger partial charge is 0.387 e. The molecular formula is C12H10F5N3O. The molecule has 0 aliphatic heterocycles. The summed E-state index contributed by atoms with van der Waals surface area (Å²) in [7, 11) is 0. The highest BCUT2D eigenvalue weighted by atomic mass is 19.2. The minimum absolute atomic E-state index is 0.140. The van der Waals surface area contributed by atoms with Crippen LogP contribution in [0.2, 0.25) is 0 Å². The van der Waals surface area contributed by atoms with Crippen molar-refractivity contribution in [2.24, 2.45) is 0 Å². The molecule has 1 unspecified atom stereocenters. The standard InChI is InChI=1S/C12H10F5N3O/c1-2-7(21)6-4-20(19-18-6)3-5-8(13)10(15)12(17)11(16)9(5)14/h4,7,21H,2-3H2,1H3. The second-order valence-corrected chi connectivity index (χ2v) is 4.31. The van der Waals surface area contributed by atoms with Crippen molar-refractivity contribution in [3.05, 3.63) is 46.5 Å². The van der Waals surface area contributed by atoms with E-state index < -0.39 is 47.3 Å². The summed E-state index contributed by atoms with van der Waals surface area (Å²) in [6, 6.07) is 0. The highest BCUT2D eigenvalue weighted by Gasteiger charge is 2.26. The Labute approximate surface area is 115 Å². The van der Waals surface area contributed by atoms with Crippen molar-refractivity contribution >= 4 is 0 Å². The van der Waals surface area contributed by atoms with Gasteiger partial charge in [0.15, 0.2) is 23.3 Å². The van der Waals surface area contributed by atoms with Crippen LogP contribution in [0.25, 0.3) is 0 Å². The van der Waals surface area contributed by atoms with Crippen molar-refractivity contribution in [3.8, 4) is 0 Å². The van der Waals surface area contributed by atoms with Crippen molar-refractivity contribution in [1.82, 2.24) is 15.0 Å². The van der Waals surface area contributed by atoms with Crippen molar-refractivity contribution in [2.75, 3.05) is 0 Å². The zero-order chi connectivity index (χ0) is 15.7. The minimum atomic E-state index is -2.21. The van der Waals surface area contributed by atoms with Gasteiger partial charge in [0.1, 0.15) is 5.69 Å². The normalized spacial score (nSPS) is 12.7. The molecule has 0 bridgehead atoms. The molecule has 0 amide bonds. The second kappa shape index (κ2) is 5.76. The van der Waals surface area contributed by atoms with Crippen molar-refractivity contribution in [1.29, 1.82) is 0 Å². The summed E-state index contributed by atoms with van der Waals surface area (Å²) < 4.78 is 66.8. The maximum atomic E-state index is 13.5. The van der Waals surface area contributed by atoms with Gasteiger partial charge in [-0.1, -0.05) is 12.1 Å². The van der Waals surface area contributed by atoms with Gasteiger partial charge in [-0.25, -0.2) is 26.6 Å². The molecule has 0 fully saturated rings. The number of halogens is 5. The van der Waals surface area contributed by atoms with E-state index in [0.717, 1.165) is 4.68 Å². The van der Waals surface area contributed by atoms with Gasteiger partial charge in [0.2, 0.25) is 5.82 Å². The average molecular weight is 307 g/mol. The lowest BCUT2D eigenvalue weighted by Gasteiger charge is -2.07. The van der Waals surface area contributed by atoms with Crippen LogP contribution in [0.15, 0.2) is 6.20 Å². The molecule has 0 spiro atoms. The number of hydrogen-bond donors (Lipinski definition) is 1. The third-order valence-corrected chi connectivity index (χ3v) is 2.91. The molecule has 4 nitrogen and oxygen atoms in total. The Balaban J connectivity index is 2.38. The third-order valence-electron chi connectivity index (χ3n) is 2.91. The third kappa shape index (κ3) is 2.73. The molecule has 1 aromatic carbocycles. The fraction of sp³-hybridized carbons (Fsp3) is 0.333. The van der Waals surface area contributed by atoms with E-state index in [0.29, 0.717) is 6.42 Å². The van der Waals surface area contributed by atoms with Crippen LogP contribution in [-0.2, 0) is 6.54 Å². The van der Waals surface area contributed by atoms with Gasteiger partial charge >= 0.3 is 0 Å². The Kier molecular flexibility index (Phi) is 4.21. The smallest absolute Gasteiger partial charge is 0.200 e. The topological polar surface area (TPSA) is 50.9 Å². The molecule has 9 heteroatoms. The monoisotopic (exact) mass is 307 g/mol. The molecule has 1 heterocycles. The first-order valence-corrected chi connectivity index (χ1v) is 5.95. The maximum absolute atomic E-state index is 13.5. The molecule has 0 aliphatic carbocycles. The van der Waals surface area contributed by atoms with Gasteiger partial charge in [0.25, 0.3) is 0 Å². The summed E-state index contributed by atoms with van der Waals surface area (Å²) >= 11 is 0. The number of nitrogens with zero attached hydrogens (tertiary/aromatic N) is 3. The molecule has 0 aliphatic rings. The van der Waals surface area contributed by atoms with E-state index in [9.17, 15) is 27.1 Å². The number of hydrogen-bond acceptors (Lipinski definition) is 3. The molecule has 114 valence electrons. The lowest BCUT2D eigenvalue weighted by atomic mass is 10.1. The van der Waals surface area contributed by atoms with Crippen molar-refractivity contribution < 1.29 is 27.1 Å². The van der Waals surface area contributed by atoms with Gasteiger partial charge in [0.05, 0.1) is 24.4 Å². The van der Waals surface area contributed by atoms with E-state index >= 15 is 0 Å². The number of aromatic nitrogens is 3. The molecule has 0 saturated carbocycles. The van der Waals surface area contributed by atoms with E-state index in [-0.39, 0.29) is 5.69 Å². The highest BCUT2D eigenvalue weighted by Crippen LogP contribution is 2.23. The molecule has 2 rings (SSSR count). The van der Waals surface area contributed by atoms with Gasteiger partial charge < -0.3 is 5.11 Å². The number of benzene rings is 1. The Morgan fingerprint density at radius 3 is 2.10 bits per heavy atom. The Morgan fingerprint density at radius 2 is 1.57 bits per heavy atom. The van der Waals surface area contributed by atoms with Crippen LogP contribution in [0.1, 0.15) is 30.7 Å². The molecule has 1 atom stereocenters. The first-order chi connectivity index (χ1) is 9.86. The van der Waals surface area contributed by atoms with Crippen LogP contribution >= 0.6 is 0 Å². The van der Waals surface area contributed by atoms with E-state index in [4.69, 9.17) is 0 Å². The first-order valence-electron chi connectivity index (χ1n) is 5.95. The number of aliphatic hydroxyl groups excluding tert-OH is 1. The van der Waals surface area contributed by atoms with E-state index in [1.165, 1.54) is 6.20 Å². The minimum Gasteiger partial charge on any atom is -0.387 e. The summed E-state index contributed by atoms with van der Waals surface area (Å²) in [4.78, 5) is 0. The first kappa shape index (κ1) is 15.4. The Bertz CT molecular complexity index is 644. The fourth-order valence-electron chi connectivity index (χ4n) is 1.70. The summed E-state index contributed by atoms with van der Waals surface area (Å²) in [6.07, 6.45) is 0.586. The number of aliphatic hydroxyl groups is 1. The Hall–Kier alpha value is -2.03. The summed E-state index contributed by atoms with van der Waals surface area (Å²) in [6.45, 7) is 0.975. The quantitative estimate of drug-likeness (QED) is 0.536. The van der Waals surface area contributed by atoms with Crippen molar-refractivity contribution in [3.63, 3.8) is 0 Å². The highest BCUT2D eigenvalue weighted by molar-refractivity contribution is 5.24. The lowest BCUT2D eigenvalue weighted by molar-refractivity contribution is 0.168. The molecule has 1 aromatic heterocycles. The van der Waals surface area contributed by atoms with Crippen LogP contribution in [-0.4, -0.2) is 20.1 Å². The van der Waals surface area contributed by atoms with Gasteiger partial charge in [-0.05, 0) is 6.42 Å². The van der Waals surface area contributed by atoms with E-state index in [1.807, 2.05) is 0 Å². The van der Waals surface area contributed by atoms with Gasteiger partial charge in [-0.2, -0.15) is 0 Å². The number of rotatable bonds is 4. The molecule has 2 aromatic rings. The van der Waals surface area contributed by atoms with Crippen LogP contribution in [0, 0.1) is 29.1 Å². The van der Waals surface area contributed by atoms with Crippen LogP contribution in [0.3, 0.4) is 0 Å². The van der Waals surface area contributed by atoms with E-state index in [1.54, 1.807) is 6.92 Å².